The third-order valence-electron chi connectivity index (χ3n) is 3.83. The molecule has 2 aromatic rings. The molecule has 0 fully saturated rings. The lowest BCUT2D eigenvalue weighted by atomic mass is 10.2. The topological polar surface area (TPSA) is 30.5 Å². The van der Waals surface area contributed by atoms with E-state index in [1.54, 1.807) is 12.1 Å². The van der Waals surface area contributed by atoms with Crippen LogP contribution in [0.2, 0.25) is 5.02 Å². The van der Waals surface area contributed by atoms with Crippen LogP contribution in [0.1, 0.15) is 37.8 Å². The van der Waals surface area contributed by atoms with E-state index in [-0.39, 0.29) is 12.4 Å². The molecule has 0 aromatic heterocycles. The van der Waals surface area contributed by atoms with Crippen LogP contribution in [0.25, 0.3) is 0 Å². The Morgan fingerprint density at radius 2 is 2.00 bits per heavy atom. The maximum atomic E-state index is 14.0. The van der Waals surface area contributed by atoms with Crippen LogP contribution in [0, 0.1) is 5.82 Å². The number of benzene rings is 2. The zero-order valence-corrected chi connectivity index (χ0v) is 17.4. The maximum Gasteiger partial charge on any atom is 0.175 e. The number of unbranched alkanes of at least 4 members (excludes halogenated alkanes) is 1. The van der Waals surface area contributed by atoms with Gasteiger partial charge >= 0.3 is 0 Å². The van der Waals surface area contributed by atoms with E-state index in [0.717, 1.165) is 36.0 Å². The summed E-state index contributed by atoms with van der Waals surface area (Å²) in [5.74, 6) is 0.786. The predicted octanol–water partition coefficient (Wildman–Crippen LogP) is 6.11. The minimum Gasteiger partial charge on any atom is -0.490 e. The average molecular weight is 445 g/mol. The predicted molar refractivity (Wildman–Crippen MR) is 108 cm³/mol. The fourth-order valence-electron chi connectivity index (χ4n) is 2.48. The Balaban J connectivity index is 2.16. The van der Waals surface area contributed by atoms with Gasteiger partial charge < -0.3 is 14.8 Å². The quantitative estimate of drug-likeness (QED) is 0.449. The van der Waals surface area contributed by atoms with Crippen LogP contribution >= 0.6 is 27.5 Å². The van der Waals surface area contributed by atoms with Crippen molar-refractivity contribution in [3.63, 3.8) is 0 Å². The molecule has 0 bridgehead atoms. The molecule has 0 spiro atoms. The van der Waals surface area contributed by atoms with Crippen molar-refractivity contribution in [3.05, 3.63) is 56.8 Å². The molecule has 3 nitrogen and oxygen atoms in total. The van der Waals surface area contributed by atoms with E-state index in [9.17, 15) is 4.39 Å². The Kier molecular flexibility index (Phi) is 8.69. The molecular formula is C20H24BrClFNO2. The molecule has 0 aliphatic rings. The first kappa shape index (κ1) is 21.0. The smallest absolute Gasteiger partial charge is 0.175 e. The number of nitrogens with one attached hydrogen (secondary N) is 1. The van der Waals surface area contributed by atoms with E-state index >= 15 is 0 Å². The summed E-state index contributed by atoms with van der Waals surface area (Å²) in [4.78, 5) is 0. The van der Waals surface area contributed by atoms with Crippen molar-refractivity contribution >= 4 is 27.5 Å². The highest BCUT2D eigenvalue weighted by Gasteiger charge is 2.15. The molecule has 0 radical (unpaired) electrons. The van der Waals surface area contributed by atoms with E-state index in [1.165, 1.54) is 6.07 Å². The molecular weight excluding hydrogens is 421 g/mol. The van der Waals surface area contributed by atoms with Crippen molar-refractivity contribution in [3.8, 4) is 11.5 Å². The Labute approximate surface area is 168 Å². The number of rotatable bonds is 10. The van der Waals surface area contributed by atoms with Crippen LogP contribution in [0.4, 0.5) is 4.39 Å². The lowest BCUT2D eigenvalue weighted by Crippen LogP contribution is -2.14. The van der Waals surface area contributed by atoms with E-state index in [1.807, 2.05) is 19.1 Å². The molecule has 0 saturated carbocycles. The summed E-state index contributed by atoms with van der Waals surface area (Å²) in [6, 6.07) is 8.52. The Bertz CT molecular complexity index is 707. The van der Waals surface area contributed by atoms with Crippen molar-refractivity contribution in [2.45, 2.75) is 39.8 Å². The monoisotopic (exact) mass is 443 g/mol. The normalized spacial score (nSPS) is 10.8. The fourth-order valence-corrected chi connectivity index (χ4v) is 3.30. The van der Waals surface area contributed by atoms with Gasteiger partial charge in [0.1, 0.15) is 12.4 Å². The second-order valence-electron chi connectivity index (χ2n) is 5.86. The highest BCUT2D eigenvalue weighted by molar-refractivity contribution is 9.10. The third kappa shape index (κ3) is 5.86. The lowest BCUT2D eigenvalue weighted by molar-refractivity contribution is 0.264. The zero-order valence-electron chi connectivity index (χ0n) is 15.1. The minimum absolute atomic E-state index is 0.0261. The van der Waals surface area contributed by atoms with Gasteiger partial charge in [0.25, 0.3) is 0 Å². The first-order valence-electron chi connectivity index (χ1n) is 8.78. The first-order chi connectivity index (χ1) is 12.6. The van der Waals surface area contributed by atoms with Gasteiger partial charge in [0.05, 0.1) is 16.1 Å². The summed E-state index contributed by atoms with van der Waals surface area (Å²) in [5, 5.41) is 3.75. The number of hydrogen-bond donors (Lipinski definition) is 1. The minimum atomic E-state index is -0.386. The molecule has 2 rings (SSSR count). The Morgan fingerprint density at radius 3 is 2.69 bits per heavy atom. The molecule has 0 unspecified atom stereocenters. The summed E-state index contributed by atoms with van der Waals surface area (Å²) in [5.41, 5.74) is 1.42. The average Bonchev–Trinajstić information content (AvgIpc) is 2.60. The van der Waals surface area contributed by atoms with E-state index < -0.39 is 0 Å². The van der Waals surface area contributed by atoms with Gasteiger partial charge in [-0.15, -0.1) is 0 Å². The number of halogens is 3. The van der Waals surface area contributed by atoms with Gasteiger partial charge in [0.15, 0.2) is 11.5 Å². The molecule has 6 heteroatoms. The first-order valence-corrected chi connectivity index (χ1v) is 9.95. The second kappa shape index (κ2) is 10.8. The highest BCUT2D eigenvalue weighted by atomic mass is 79.9. The molecule has 0 amide bonds. The van der Waals surface area contributed by atoms with Crippen molar-refractivity contribution in [2.75, 3.05) is 13.2 Å². The second-order valence-corrected chi connectivity index (χ2v) is 7.12. The molecule has 0 aliphatic carbocycles. The van der Waals surface area contributed by atoms with Gasteiger partial charge in [0, 0.05) is 12.1 Å². The van der Waals surface area contributed by atoms with E-state index in [0.29, 0.717) is 28.7 Å². The van der Waals surface area contributed by atoms with Crippen molar-refractivity contribution < 1.29 is 13.9 Å². The molecule has 2 aromatic carbocycles. The van der Waals surface area contributed by atoms with Crippen LogP contribution in [0.5, 0.6) is 11.5 Å². The van der Waals surface area contributed by atoms with Gasteiger partial charge in [-0.05, 0) is 65.6 Å². The summed E-state index contributed by atoms with van der Waals surface area (Å²) < 4.78 is 26.3. The number of ether oxygens (including phenoxy) is 2. The standard InChI is InChI=1S/C20H24BrClFNO2/c1-3-5-9-24-12-14-10-16(21)20(19(11-14)25-4-2)26-13-15-17(22)7-6-8-18(15)23/h6-8,10-11,24H,3-5,9,12-13H2,1-2H3. The summed E-state index contributed by atoms with van der Waals surface area (Å²) in [6.07, 6.45) is 2.30. The van der Waals surface area contributed by atoms with Crippen molar-refractivity contribution in [1.82, 2.24) is 5.32 Å². The highest BCUT2D eigenvalue weighted by Crippen LogP contribution is 2.38. The van der Waals surface area contributed by atoms with Gasteiger partial charge in [-0.3, -0.25) is 0 Å². The fraction of sp³-hybridized carbons (Fsp3) is 0.400. The summed E-state index contributed by atoms with van der Waals surface area (Å²) >= 11 is 9.62. The van der Waals surface area contributed by atoms with Gasteiger partial charge in [-0.25, -0.2) is 4.39 Å². The molecule has 0 heterocycles. The summed E-state index contributed by atoms with van der Waals surface area (Å²) in [6.45, 7) is 6.34. The van der Waals surface area contributed by atoms with Gasteiger partial charge in [-0.2, -0.15) is 0 Å². The van der Waals surface area contributed by atoms with Crippen LogP contribution in [0.3, 0.4) is 0 Å². The molecule has 0 aliphatic heterocycles. The summed E-state index contributed by atoms with van der Waals surface area (Å²) in [7, 11) is 0. The lowest BCUT2D eigenvalue weighted by Gasteiger charge is -2.16. The molecule has 142 valence electrons. The largest absolute Gasteiger partial charge is 0.490 e. The zero-order chi connectivity index (χ0) is 18.9. The Morgan fingerprint density at radius 1 is 1.19 bits per heavy atom. The van der Waals surface area contributed by atoms with Crippen molar-refractivity contribution in [2.24, 2.45) is 0 Å². The molecule has 0 saturated heterocycles. The maximum absolute atomic E-state index is 14.0. The number of hydrogen-bond acceptors (Lipinski definition) is 3. The van der Waals surface area contributed by atoms with Gasteiger partial charge in [-0.1, -0.05) is 31.0 Å². The Hall–Kier alpha value is -1.30. The van der Waals surface area contributed by atoms with Crippen LogP contribution in [-0.2, 0) is 13.2 Å². The molecule has 1 N–H and O–H groups in total. The van der Waals surface area contributed by atoms with Gasteiger partial charge in [0.2, 0.25) is 0 Å². The van der Waals surface area contributed by atoms with Crippen LogP contribution in [0.15, 0.2) is 34.8 Å². The third-order valence-corrected chi connectivity index (χ3v) is 4.77. The SMILES string of the molecule is CCCCNCc1cc(Br)c(OCc2c(F)cccc2Cl)c(OCC)c1. The molecule has 0 atom stereocenters. The van der Waals surface area contributed by atoms with Crippen LogP contribution in [-0.4, -0.2) is 13.2 Å². The van der Waals surface area contributed by atoms with E-state index in [4.69, 9.17) is 21.1 Å². The van der Waals surface area contributed by atoms with E-state index in [2.05, 4.69) is 28.2 Å². The van der Waals surface area contributed by atoms with Crippen LogP contribution < -0.4 is 14.8 Å². The molecule has 26 heavy (non-hydrogen) atoms. The van der Waals surface area contributed by atoms with Crippen molar-refractivity contribution in [1.29, 1.82) is 0 Å².